The zero-order chi connectivity index (χ0) is 19.2. The van der Waals surface area contributed by atoms with Crippen LogP contribution in [-0.2, 0) is 0 Å². The first-order chi connectivity index (χ1) is 13.8. The molecule has 1 saturated heterocycles. The van der Waals surface area contributed by atoms with E-state index in [-0.39, 0.29) is 5.91 Å². The van der Waals surface area contributed by atoms with Gasteiger partial charge in [0, 0.05) is 50.2 Å². The summed E-state index contributed by atoms with van der Waals surface area (Å²) in [5, 5.41) is 10.4. The van der Waals surface area contributed by atoms with Crippen LogP contribution in [0.5, 0.6) is 0 Å². The second-order valence-corrected chi connectivity index (χ2v) is 6.64. The van der Waals surface area contributed by atoms with Gasteiger partial charge in [0.05, 0.1) is 5.69 Å². The fourth-order valence-electron chi connectivity index (χ4n) is 3.24. The van der Waals surface area contributed by atoms with Crippen LogP contribution in [0.15, 0.2) is 55.1 Å². The van der Waals surface area contributed by atoms with Crippen LogP contribution in [0.3, 0.4) is 0 Å². The molecule has 0 aliphatic carbocycles. The molecule has 3 heterocycles. The highest BCUT2D eigenvalue weighted by Crippen LogP contribution is 2.19. The van der Waals surface area contributed by atoms with Gasteiger partial charge in [0.1, 0.15) is 18.0 Å². The van der Waals surface area contributed by atoms with Gasteiger partial charge in [-0.25, -0.2) is 14.6 Å². The third-order valence-electron chi connectivity index (χ3n) is 4.68. The van der Waals surface area contributed by atoms with E-state index in [4.69, 9.17) is 0 Å². The van der Waals surface area contributed by atoms with Gasteiger partial charge < -0.3 is 15.5 Å². The fraction of sp³-hybridized carbons (Fsp3) is 0.300. The van der Waals surface area contributed by atoms with Gasteiger partial charge in [-0.15, -0.1) is 0 Å². The predicted molar refractivity (Wildman–Crippen MR) is 108 cm³/mol. The Bertz CT molecular complexity index is 920. The minimum Gasteiger partial charge on any atom is -0.368 e. The van der Waals surface area contributed by atoms with Crippen LogP contribution in [0.4, 0.5) is 11.6 Å². The molecule has 2 aromatic heterocycles. The number of nitrogens with one attached hydrogen (secondary N) is 2. The van der Waals surface area contributed by atoms with Crippen molar-refractivity contribution >= 4 is 17.5 Å². The van der Waals surface area contributed by atoms with Crippen LogP contribution in [-0.4, -0.2) is 51.8 Å². The molecule has 1 aromatic carbocycles. The number of carbonyl (C=O) groups is 1. The van der Waals surface area contributed by atoms with Crippen molar-refractivity contribution in [3.63, 3.8) is 0 Å². The summed E-state index contributed by atoms with van der Waals surface area (Å²) in [5.41, 5.74) is 1.46. The van der Waals surface area contributed by atoms with E-state index in [1.165, 1.54) is 12.8 Å². The van der Waals surface area contributed by atoms with Crippen LogP contribution >= 0.6 is 0 Å². The zero-order valence-electron chi connectivity index (χ0n) is 15.6. The largest absolute Gasteiger partial charge is 0.368 e. The van der Waals surface area contributed by atoms with E-state index < -0.39 is 0 Å². The normalized spacial score (nSPS) is 13.5. The molecule has 8 heteroatoms. The van der Waals surface area contributed by atoms with Crippen molar-refractivity contribution in [2.24, 2.45) is 0 Å². The Hall–Kier alpha value is -3.42. The first kappa shape index (κ1) is 18.0. The molecular weight excluding hydrogens is 354 g/mol. The Kier molecular flexibility index (Phi) is 5.46. The summed E-state index contributed by atoms with van der Waals surface area (Å²) in [6, 6.07) is 11.2. The topological polar surface area (TPSA) is 88.0 Å². The number of hydrogen-bond donors (Lipinski definition) is 2. The summed E-state index contributed by atoms with van der Waals surface area (Å²) in [6.07, 6.45) is 7.55. The molecule has 144 valence electrons. The molecule has 1 aliphatic rings. The van der Waals surface area contributed by atoms with Gasteiger partial charge in [0.25, 0.3) is 5.91 Å². The second-order valence-electron chi connectivity index (χ2n) is 6.64. The molecule has 2 N–H and O–H groups in total. The lowest BCUT2D eigenvalue weighted by molar-refractivity contribution is 0.0955. The van der Waals surface area contributed by atoms with Crippen molar-refractivity contribution in [3.05, 3.63) is 60.7 Å². The fourth-order valence-corrected chi connectivity index (χ4v) is 3.24. The summed E-state index contributed by atoms with van der Waals surface area (Å²) in [6.45, 7) is 3.17. The summed E-state index contributed by atoms with van der Waals surface area (Å²) < 4.78 is 1.73. The van der Waals surface area contributed by atoms with Gasteiger partial charge in [-0.3, -0.25) is 4.79 Å². The van der Waals surface area contributed by atoms with Gasteiger partial charge in [0.2, 0.25) is 0 Å². The maximum Gasteiger partial charge on any atom is 0.251 e. The van der Waals surface area contributed by atoms with Crippen molar-refractivity contribution in [3.8, 4) is 5.69 Å². The van der Waals surface area contributed by atoms with Crippen LogP contribution in [0.1, 0.15) is 23.2 Å². The minimum absolute atomic E-state index is 0.115. The molecule has 1 fully saturated rings. The highest BCUT2D eigenvalue weighted by Gasteiger charge is 2.14. The lowest BCUT2D eigenvalue weighted by Gasteiger charge is -2.16. The van der Waals surface area contributed by atoms with Crippen LogP contribution in [0, 0.1) is 0 Å². The van der Waals surface area contributed by atoms with E-state index in [0.29, 0.717) is 18.7 Å². The summed E-state index contributed by atoms with van der Waals surface area (Å²) in [7, 11) is 0. The maximum atomic E-state index is 12.4. The van der Waals surface area contributed by atoms with E-state index in [1.807, 2.05) is 36.5 Å². The average molecular weight is 377 g/mol. The molecule has 3 aromatic rings. The number of nitrogens with zero attached hydrogens (tertiary/aromatic N) is 5. The second kappa shape index (κ2) is 8.51. The van der Waals surface area contributed by atoms with Crippen molar-refractivity contribution in [1.29, 1.82) is 0 Å². The molecule has 0 spiro atoms. The monoisotopic (exact) mass is 377 g/mol. The Balaban J connectivity index is 1.28. The molecule has 4 rings (SSSR count). The van der Waals surface area contributed by atoms with Crippen molar-refractivity contribution in [2.45, 2.75) is 12.8 Å². The molecular formula is C20H23N7O. The number of carbonyl (C=O) groups excluding carboxylic acids is 1. The first-order valence-electron chi connectivity index (χ1n) is 9.49. The van der Waals surface area contributed by atoms with E-state index >= 15 is 0 Å². The molecule has 28 heavy (non-hydrogen) atoms. The number of benzene rings is 1. The Morgan fingerprint density at radius 2 is 1.96 bits per heavy atom. The number of hydrogen-bond acceptors (Lipinski definition) is 6. The van der Waals surface area contributed by atoms with E-state index in [2.05, 4.69) is 30.6 Å². The third kappa shape index (κ3) is 4.28. The third-order valence-corrected chi connectivity index (χ3v) is 4.68. The number of anilines is 2. The molecule has 0 unspecified atom stereocenters. The van der Waals surface area contributed by atoms with E-state index in [0.717, 1.165) is 30.4 Å². The van der Waals surface area contributed by atoms with Crippen molar-refractivity contribution in [1.82, 2.24) is 25.1 Å². The molecule has 0 atom stereocenters. The first-order valence-corrected chi connectivity index (χ1v) is 9.49. The quantitative estimate of drug-likeness (QED) is 0.613. The highest BCUT2D eigenvalue weighted by atomic mass is 16.1. The maximum absolute atomic E-state index is 12.4. The van der Waals surface area contributed by atoms with Crippen LogP contribution in [0.2, 0.25) is 0 Å². The average Bonchev–Trinajstić information content (AvgIpc) is 3.46. The summed E-state index contributed by atoms with van der Waals surface area (Å²) in [5.74, 6) is 1.61. The lowest BCUT2D eigenvalue weighted by Crippen LogP contribution is -2.29. The van der Waals surface area contributed by atoms with Crippen LogP contribution in [0.25, 0.3) is 5.69 Å². The smallest absolute Gasteiger partial charge is 0.251 e. The van der Waals surface area contributed by atoms with Gasteiger partial charge in [-0.2, -0.15) is 5.10 Å². The van der Waals surface area contributed by atoms with E-state index in [9.17, 15) is 4.79 Å². The molecule has 8 nitrogen and oxygen atoms in total. The predicted octanol–water partition coefficient (Wildman–Crippen LogP) is 2.10. The minimum atomic E-state index is -0.115. The molecule has 0 radical (unpaired) electrons. The molecule has 0 saturated carbocycles. The summed E-state index contributed by atoms with van der Waals surface area (Å²) in [4.78, 5) is 23.3. The Labute approximate surface area is 163 Å². The zero-order valence-corrected chi connectivity index (χ0v) is 15.6. The SMILES string of the molecule is O=C(NCCNc1cc(N2CCCC2)ncn1)c1cccc(-n2cccn2)c1. The van der Waals surface area contributed by atoms with Gasteiger partial charge in [-0.1, -0.05) is 6.07 Å². The molecule has 1 amide bonds. The number of rotatable bonds is 7. The summed E-state index contributed by atoms with van der Waals surface area (Å²) >= 11 is 0. The lowest BCUT2D eigenvalue weighted by atomic mass is 10.2. The molecule has 1 aliphatic heterocycles. The Morgan fingerprint density at radius 3 is 2.79 bits per heavy atom. The number of amides is 1. The van der Waals surface area contributed by atoms with Gasteiger partial charge in [-0.05, 0) is 37.1 Å². The standard InChI is InChI=1S/C20H23N7O/c28-20(16-5-3-6-17(13-16)27-12-4-7-25-27)22-9-8-21-18-14-19(24-15-23-18)26-10-1-2-11-26/h3-7,12-15H,1-2,8-11H2,(H,22,28)(H,21,23,24). The highest BCUT2D eigenvalue weighted by molar-refractivity contribution is 5.94. The van der Waals surface area contributed by atoms with Crippen molar-refractivity contribution < 1.29 is 4.79 Å². The van der Waals surface area contributed by atoms with Gasteiger partial charge in [0.15, 0.2) is 0 Å². The van der Waals surface area contributed by atoms with Crippen molar-refractivity contribution in [2.75, 3.05) is 36.4 Å². The van der Waals surface area contributed by atoms with Gasteiger partial charge >= 0.3 is 0 Å². The molecule has 0 bridgehead atoms. The van der Waals surface area contributed by atoms with E-state index in [1.54, 1.807) is 23.3 Å². The number of aromatic nitrogens is 4. The Morgan fingerprint density at radius 1 is 1.07 bits per heavy atom. The van der Waals surface area contributed by atoms with Crippen LogP contribution < -0.4 is 15.5 Å².